The van der Waals surface area contributed by atoms with Gasteiger partial charge in [0, 0.05) is 17.1 Å². The first kappa shape index (κ1) is 15.2. The van der Waals surface area contributed by atoms with Gasteiger partial charge in [0.15, 0.2) is 5.16 Å². The summed E-state index contributed by atoms with van der Waals surface area (Å²) in [6.07, 6.45) is 1.19. The zero-order chi connectivity index (χ0) is 14.7. The van der Waals surface area contributed by atoms with Gasteiger partial charge in [-0.1, -0.05) is 11.8 Å². The summed E-state index contributed by atoms with van der Waals surface area (Å²) >= 11 is 1.57. The first-order chi connectivity index (χ1) is 9.51. The predicted molar refractivity (Wildman–Crippen MR) is 77.2 cm³/mol. The molecule has 0 bridgehead atoms. The molecule has 0 aromatic carbocycles. The molecule has 2 atom stereocenters. The van der Waals surface area contributed by atoms with Crippen LogP contribution in [-0.4, -0.2) is 33.8 Å². The van der Waals surface area contributed by atoms with Crippen LogP contribution in [0.4, 0.5) is 0 Å². The van der Waals surface area contributed by atoms with Gasteiger partial charge in [-0.15, -0.1) is 0 Å². The number of nitrogens with one attached hydrogen (secondary N) is 1. The van der Waals surface area contributed by atoms with Crippen molar-refractivity contribution in [2.24, 2.45) is 5.84 Å². The molecule has 1 aliphatic rings. The Morgan fingerprint density at radius 2 is 2.00 bits per heavy atom. The second-order valence-corrected chi connectivity index (χ2v) is 5.93. The molecule has 1 fully saturated rings. The van der Waals surface area contributed by atoms with Gasteiger partial charge in [0.2, 0.25) is 0 Å². The van der Waals surface area contributed by atoms with Crippen molar-refractivity contribution < 1.29 is 9.53 Å². The summed E-state index contributed by atoms with van der Waals surface area (Å²) in [5.41, 5.74) is 5.27. The van der Waals surface area contributed by atoms with Crippen LogP contribution in [0.5, 0.6) is 0 Å². The Hall–Kier alpha value is -1.18. The van der Waals surface area contributed by atoms with E-state index in [-0.39, 0.29) is 12.0 Å². The minimum Gasteiger partial charge on any atom is -0.364 e. The summed E-state index contributed by atoms with van der Waals surface area (Å²) in [6, 6.07) is 0. The lowest BCUT2D eigenvalue weighted by Gasteiger charge is -2.12. The Bertz CT molecular complexity index is 486. The van der Waals surface area contributed by atoms with Crippen LogP contribution in [-0.2, 0) is 9.53 Å². The summed E-state index contributed by atoms with van der Waals surface area (Å²) < 4.78 is 5.65. The predicted octanol–water partition coefficient (Wildman–Crippen LogP) is 1.03. The molecule has 1 aliphatic heterocycles. The first-order valence-electron chi connectivity index (χ1n) is 6.61. The van der Waals surface area contributed by atoms with E-state index < -0.39 is 6.10 Å². The number of thioether (sulfide) groups is 1. The zero-order valence-electron chi connectivity index (χ0n) is 12.0. The van der Waals surface area contributed by atoms with Crippen molar-refractivity contribution in [2.75, 3.05) is 5.75 Å². The molecule has 0 radical (unpaired) electrons. The van der Waals surface area contributed by atoms with Gasteiger partial charge in [0.25, 0.3) is 5.91 Å². The highest BCUT2D eigenvalue weighted by Crippen LogP contribution is 2.26. The molecule has 1 amide bonds. The van der Waals surface area contributed by atoms with Crippen molar-refractivity contribution in [2.45, 2.75) is 51.0 Å². The molecular weight excluding hydrogens is 276 g/mol. The lowest BCUT2D eigenvalue weighted by atomic mass is 10.2. The highest BCUT2D eigenvalue weighted by Gasteiger charge is 2.30. The maximum absolute atomic E-state index is 11.4. The SMILES string of the molecule is Cc1nc(SCC2CCC(C(=O)NN)O2)nc(C)c1C. The van der Waals surface area contributed by atoms with Crippen LogP contribution in [0, 0.1) is 20.8 Å². The second kappa shape index (κ2) is 6.51. The Balaban J connectivity index is 1.89. The normalized spacial score (nSPS) is 22.0. The van der Waals surface area contributed by atoms with Gasteiger partial charge in [-0.05, 0) is 39.2 Å². The zero-order valence-corrected chi connectivity index (χ0v) is 12.8. The third-order valence-electron chi connectivity index (χ3n) is 3.55. The number of carbonyl (C=O) groups is 1. The summed E-state index contributed by atoms with van der Waals surface area (Å²) in [5, 5.41) is 0.765. The van der Waals surface area contributed by atoms with Crippen LogP contribution in [0.15, 0.2) is 5.16 Å². The molecule has 110 valence electrons. The largest absolute Gasteiger partial charge is 0.364 e. The number of carbonyl (C=O) groups excluding carboxylic acids is 1. The molecule has 6 nitrogen and oxygen atoms in total. The first-order valence-corrected chi connectivity index (χ1v) is 7.60. The molecule has 2 heterocycles. The molecule has 0 saturated carbocycles. The smallest absolute Gasteiger partial charge is 0.263 e. The van der Waals surface area contributed by atoms with Crippen molar-refractivity contribution >= 4 is 17.7 Å². The minimum absolute atomic E-state index is 0.0489. The van der Waals surface area contributed by atoms with E-state index in [0.29, 0.717) is 6.42 Å². The number of aromatic nitrogens is 2. The van der Waals surface area contributed by atoms with E-state index in [2.05, 4.69) is 15.4 Å². The molecule has 2 rings (SSSR count). The standard InChI is InChI=1S/C13H20N4O2S/c1-7-8(2)15-13(16-9(7)3)20-6-10-4-5-11(19-10)12(18)17-14/h10-11H,4-6,14H2,1-3H3,(H,17,18). The van der Waals surface area contributed by atoms with Crippen LogP contribution >= 0.6 is 11.8 Å². The van der Waals surface area contributed by atoms with Gasteiger partial charge in [0.1, 0.15) is 6.10 Å². The minimum atomic E-state index is -0.423. The highest BCUT2D eigenvalue weighted by atomic mass is 32.2. The number of hydrogen-bond donors (Lipinski definition) is 2. The van der Waals surface area contributed by atoms with Crippen LogP contribution in [0.3, 0.4) is 0 Å². The monoisotopic (exact) mass is 296 g/mol. The molecule has 1 saturated heterocycles. The van der Waals surface area contributed by atoms with E-state index in [4.69, 9.17) is 10.6 Å². The Labute approximate surface area is 122 Å². The molecule has 1 aromatic rings. The number of nitrogens with two attached hydrogens (primary N) is 1. The topological polar surface area (TPSA) is 90.1 Å². The number of hydrazine groups is 1. The molecule has 20 heavy (non-hydrogen) atoms. The molecule has 0 spiro atoms. The molecular formula is C13H20N4O2S. The Kier molecular flexibility index (Phi) is 4.95. The number of aryl methyl sites for hydroxylation is 2. The van der Waals surface area contributed by atoms with Crippen LogP contribution in [0.25, 0.3) is 0 Å². The maximum Gasteiger partial charge on any atom is 0.263 e. The number of rotatable bonds is 4. The average Bonchev–Trinajstić information content (AvgIpc) is 2.90. The number of ether oxygens (including phenoxy) is 1. The van der Waals surface area contributed by atoms with E-state index in [1.165, 1.54) is 0 Å². The second-order valence-electron chi connectivity index (χ2n) is 4.95. The fourth-order valence-electron chi connectivity index (χ4n) is 2.09. The fourth-order valence-corrected chi connectivity index (χ4v) is 3.07. The van der Waals surface area contributed by atoms with Crippen molar-refractivity contribution in [3.8, 4) is 0 Å². The van der Waals surface area contributed by atoms with E-state index in [9.17, 15) is 4.79 Å². The lowest BCUT2D eigenvalue weighted by Crippen LogP contribution is -2.39. The summed E-state index contributed by atoms with van der Waals surface area (Å²) in [4.78, 5) is 20.3. The molecule has 3 N–H and O–H groups in total. The van der Waals surface area contributed by atoms with Crippen molar-refractivity contribution in [3.63, 3.8) is 0 Å². The number of nitrogens with zero attached hydrogens (tertiary/aromatic N) is 2. The van der Waals surface area contributed by atoms with Crippen molar-refractivity contribution in [3.05, 3.63) is 17.0 Å². The van der Waals surface area contributed by atoms with Crippen LogP contribution in [0.1, 0.15) is 29.8 Å². The molecule has 2 unspecified atom stereocenters. The summed E-state index contributed by atoms with van der Waals surface area (Å²) in [6.45, 7) is 6.00. The van der Waals surface area contributed by atoms with E-state index in [0.717, 1.165) is 34.3 Å². The number of hydrogen-bond acceptors (Lipinski definition) is 6. The van der Waals surface area contributed by atoms with Gasteiger partial charge in [-0.25, -0.2) is 15.8 Å². The molecule has 7 heteroatoms. The molecule has 0 aliphatic carbocycles. The van der Waals surface area contributed by atoms with Gasteiger partial charge in [-0.2, -0.15) is 0 Å². The lowest BCUT2D eigenvalue weighted by molar-refractivity contribution is -0.131. The summed E-state index contributed by atoms with van der Waals surface area (Å²) in [5.74, 6) is 5.60. The van der Waals surface area contributed by atoms with Gasteiger partial charge in [0.05, 0.1) is 6.10 Å². The Morgan fingerprint density at radius 3 is 2.60 bits per heavy atom. The third-order valence-corrected chi connectivity index (χ3v) is 4.53. The average molecular weight is 296 g/mol. The van der Waals surface area contributed by atoms with Gasteiger partial charge < -0.3 is 4.74 Å². The third kappa shape index (κ3) is 3.47. The van der Waals surface area contributed by atoms with E-state index in [1.807, 2.05) is 20.8 Å². The summed E-state index contributed by atoms with van der Waals surface area (Å²) in [7, 11) is 0. The van der Waals surface area contributed by atoms with Gasteiger partial charge in [-0.3, -0.25) is 10.2 Å². The maximum atomic E-state index is 11.4. The van der Waals surface area contributed by atoms with Crippen molar-refractivity contribution in [1.82, 2.24) is 15.4 Å². The highest BCUT2D eigenvalue weighted by molar-refractivity contribution is 7.99. The van der Waals surface area contributed by atoms with Gasteiger partial charge >= 0.3 is 0 Å². The van der Waals surface area contributed by atoms with Crippen LogP contribution < -0.4 is 11.3 Å². The fraction of sp³-hybridized carbons (Fsp3) is 0.615. The van der Waals surface area contributed by atoms with Crippen molar-refractivity contribution in [1.29, 1.82) is 0 Å². The quantitative estimate of drug-likeness (QED) is 0.283. The number of amides is 1. The van der Waals surface area contributed by atoms with E-state index in [1.54, 1.807) is 11.8 Å². The van der Waals surface area contributed by atoms with E-state index >= 15 is 0 Å². The molecule has 1 aromatic heterocycles. The van der Waals surface area contributed by atoms with Crippen LogP contribution in [0.2, 0.25) is 0 Å². The Morgan fingerprint density at radius 1 is 1.35 bits per heavy atom.